The first kappa shape index (κ1) is 23.1. The summed E-state index contributed by atoms with van der Waals surface area (Å²) in [6.07, 6.45) is -2.51. The van der Waals surface area contributed by atoms with E-state index >= 15 is 0 Å². The van der Waals surface area contributed by atoms with Gasteiger partial charge in [-0.05, 0) is 42.3 Å². The molecule has 0 aliphatic heterocycles. The second kappa shape index (κ2) is 12.4. The van der Waals surface area contributed by atoms with Crippen LogP contribution in [0.15, 0.2) is 53.5 Å². The molecule has 0 aromatic heterocycles. The summed E-state index contributed by atoms with van der Waals surface area (Å²) in [6.45, 7) is 2.77. The van der Waals surface area contributed by atoms with Gasteiger partial charge in [-0.2, -0.15) is 0 Å². The van der Waals surface area contributed by atoms with Crippen molar-refractivity contribution < 1.29 is 17.9 Å². The van der Waals surface area contributed by atoms with E-state index in [-0.39, 0.29) is 29.8 Å². The maximum Gasteiger partial charge on any atom is 0.272 e. The Labute approximate surface area is 174 Å². The Morgan fingerprint density at radius 1 is 1.07 bits per heavy atom. The van der Waals surface area contributed by atoms with E-state index in [0.717, 1.165) is 11.1 Å². The minimum absolute atomic E-state index is 0. The molecule has 0 atom stereocenters. The second-order valence-corrected chi connectivity index (χ2v) is 5.53. The summed E-state index contributed by atoms with van der Waals surface area (Å²) in [5, 5.41) is 6.26. The van der Waals surface area contributed by atoms with Crippen LogP contribution in [0, 0.1) is 5.82 Å². The summed E-state index contributed by atoms with van der Waals surface area (Å²) >= 11 is 0. The van der Waals surface area contributed by atoms with Gasteiger partial charge in [-0.3, -0.25) is 0 Å². The SMILES string of the molecule is CCNC(=NCc1cccc(F)c1)NCc1cccc(OCC(F)F)c1.I. The highest BCUT2D eigenvalue weighted by Gasteiger charge is 2.05. The van der Waals surface area contributed by atoms with Crippen molar-refractivity contribution in [2.24, 2.45) is 4.99 Å². The minimum atomic E-state index is -2.51. The van der Waals surface area contributed by atoms with Gasteiger partial charge < -0.3 is 15.4 Å². The minimum Gasteiger partial charge on any atom is -0.488 e. The molecule has 2 aromatic carbocycles. The average Bonchev–Trinajstić information content (AvgIpc) is 2.63. The van der Waals surface area contributed by atoms with Gasteiger partial charge in [0.05, 0.1) is 6.54 Å². The third-order valence-corrected chi connectivity index (χ3v) is 3.39. The van der Waals surface area contributed by atoms with Crippen LogP contribution in [0.1, 0.15) is 18.1 Å². The van der Waals surface area contributed by atoms with Crippen LogP contribution in [-0.2, 0) is 13.1 Å². The molecule has 2 rings (SSSR count). The number of benzene rings is 2. The monoisotopic (exact) mass is 493 g/mol. The maximum atomic E-state index is 13.2. The highest BCUT2D eigenvalue weighted by Crippen LogP contribution is 2.14. The molecule has 0 saturated heterocycles. The predicted octanol–water partition coefficient (Wildman–Crippen LogP) is 4.34. The van der Waals surface area contributed by atoms with Gasteiger partial charge in [0.1, 0.15) is 18.2 Å². The summed E-state index contributed by atoms with van der Waals surface area (Å²) < 4.78 is 42.7. The van der Waals surface area contributed by atoms with E-state index in [2.05, 4.69) is 15.6 Å². The van der Waals surface area contributed by atoms with Crippen LogP contribution in [0.4, 0.5) is 13.2 Å². The van der Waals surface area contributed by atoms with Gasteiger partial charge in [0.2, 0.25) is 0 Å². The molecule has 0 unspecified atom stereocenters. The number of halogens is 4. The average molecular weight is 493 g/mol. The Hall–Kier alpha value is -1.97. The molecule has 0 saturated carbocycles. The van der Waals surface area contributed by atoms with Crippen LogP contribution >= 0.6 is 24.0 Å². The van der Waals surface area contributed by atoms with E-state index in [0.29, 0.717) is 31.3 Å². The zero-order valence-electron chi connectivity index (χ0n) is 14.9. The molecular weight excluding hydrogens is 470 g/mol. The van der Waals surface area contributed by atoms with Crippen molar-refractivity contribution in [2.45, 2.75) is 26.4 Å². The first-order chi connectivity index (χ1) is 12.6. The third-order valence-electron chi connectivity index (χ3n) is 3.39. The first-order valence-electron chi connectivity index (χ1n) is 8.33. The summed E-state index contributed by atoms with van der Waals surface area (Å²) in [5.41, 5.74) is 1.64. The lowest BCUT2D eigenvalue weighted by atomic mass is 10.2. The van der Waals surface area contributed by atoms with Crippen molar-refractivity contribution >= 4 is 29.9 Å². The third kappa shape index (κ3) is 8.98. The number of hydrogen-bond acceptors (Lipinski definition) is 2. The van der Waals surface area contributed by atoms with Gasteiger partial charge in [0, 0.05) is 13.1 Å². The number of nitrogens with one attached hydrogen (secondary N) is 2. The molecule has 148 valence electrons. The molecule has 0 spiro atoms. The lowest BCUT2D eigenvalue weighted by Gasteiger charge is -2.12. The van der Waals surface area contributed by atoms with E-state index in [1.54, 1.807) is 30.3 Å². The summed E-state index contributed by atoms with van der Waals surface area (Å²) in [4.78, 5) is 4.42. The smallest absolute Gasteiger partial charge is 0.272 e. The highest BCUT2D eigenvalue weighted by atomic mass is 127. The molecule has 0 bridgehead atoms. The molecule has 0 radical (unpaired) electrons. The summed E-state index contributed by atoms with van der Waals surface area (Å²) in [5.74, 6) is 0.679. The van der Waals surface area contributed by atoms with Gasteiger partial charge in [0.25, 0.3) is 6.43 Å². The lowest BCUT2D eigenvalue weighted by molar-refractivity contribution is 0.0818. The molecular formula is C19H23F3IN3O. The van der Waals surface area contributed by atoms with Crippen LogP contribution in [-0.4, -0.2) is 25.5 Å². The van der Waals surface area contributed by atoms with Crippen LogP contribution < -0.4 is 15.4 Å². The fourth-order valence-electron chi connectivity index (χ4n) is 2.24. The second-order valence-electron chi connectivity index (χ2n) is 5.53. The Morgan fingerprint density at radius 3 is 2.52 bits per heavy atom. The standard InChI is InChI=1S/C19H22F3N3O.HI/c1-2-23-19(24-11-14-5-3-7-16(20)9-14)25-12-15-6-4-8-17(10-15)26-13-18(21)22;/h3-10,18H,2,11-13H2,1H3,(H2,23,24,25);1H. The van der Waals surface area contributed by atoms with E-state index in [1.165, 1.54) is 12.1 Å². The van der Waals surface area contributed by atoms with Crippen LogP contribution in [0.25, 0.3) is 0 Å². The van der Waals surface area contributed by atoms with Gasteiger partial charge in [-0.25, -0.2) is 18.2 Å². The molecule has 27 heavy (non-hydrogen) atoms. The fraction of sp³-hybridized carbons (Fsp3) is 0.316. The molecule has 0 aliphatic rings. The number of aliphatic imine (C=N–C) groups is 1. The quantitative estimate of drug-likeness (QED) is 0.327. The Kier molecular flexibility index (Phi) is 10.6. The Morgan fingerprint density at radius 2 is 1.81 bits per heavy atom. The van der Waals surface area contributed by atoms with Gasteiger partial charge in [0.15, 0.2) is 5.96 Å². The molecule has 0 fully saturated rings. The van der Waals surface area contributed by atoms with Gasteiger partial charge in [-0.15, -0.1) is 24.0 Å². The zero-order chi connectivity index (χ0) is 18.8. The number of alkyl halides is 2. The number of ether oxygens (including phenoxy) is 1. The zero-order valence-corrected chi connectivity index (χ0v) is 17.3. The topological polar surface area (TPSA) is 45.7 Å². The van der Waals surface area contributed by atoms with E-state index in [4.69, 9.17) is 4.74 Å². The fourth-order valence-corrected chi connectivity index (χ4v) is 2.24. The molecule has 0 aliphatic carbocycles. The molecule has 2 N–H and O–H groups in total. The highest BCUT2D eigenvalue weighted by molar-refractivity contribution is 14.0. The largest absolute Gasteiger partial charge is 0.488 e. The van der Waals surface area contributed by atoms with Gasteiger partial charge >= 0.3 is 0 Å². The predicted molar refractivity (Wildman–Crippen MR) is 111 cm³/mol. The molecule has 0 amide bonds. The molecule has 0 heterocycles. The lowest BCUT2D eigenvalue weighted by Crippen LogP contribution is -2.36. The van der Waals surface area contributed by atoms with Crippen LogP contribution in [0.3, 0.4) is 0 Å². The van der Waals surface area contributed by atoms with Crippen LogP contribution in [0.2, 0.25) is 0 Å². The Bertz CT molecular complexity index is 729. The molecule has 8 heteroatoms. The van der Waals surface area contributed by atoms with Crippen molar-refractivity contribution in [2.75, 3.05) is 13.2 Å². The first-order valence-corrected chi connectivity index (χ1v) is 8.33. The number of hydrogen-bond donors (Lipinski definition) is 2. The van der Waals surface area contributed by atoms with Crippen molar-refractivity contribution in [3.63, 3.8) is 0 Å². The Balaban J connectivity index is 0.00000364. The van der Waals surface area contributed by atoms with Crippen molar-refractivity contribution in [3.05, 3.63) is 65.5 Å². The van der Waals surface area contributed by atoms with Crippen LogP contribution in [0.5, 0.6) is 5.75 Å². The van der Waals surface area contributed by atoms with E-state index in [9.17, 15) is 13.2 Å². The van der Waals surface area contributed by atoms with E-state index < -0.39 is 13.0 Å². The number of nitrogens with zero attached hydrogens (tertiary/aromatic N) is 1. The maximum absolute atomic E-state index is 13.2. The number of rotatable bonds is 8. The van der Waals surface area contributed by atoms with Crippen molar-refractivity contribution in [1.29, 1.82) is 0 Å². The van der Waals surface area contributed by atoms with Gasteiger partial charge in [-0.1, -0.05) is 24.3 Å². The summed E-state index contributed by atoms with van der Waals surface area (Å²) in [7, 11) is 0. The summed E-state index contributed by atoms with van der Waals surface area (Å²) in [6, 6.07) is 13.2. The molecule has 4 nitrogen and oxygen atoms in total. The molecule has 2 aromatic rings. The van der Waals surface area contributed by atoms with E-state index in [1.807, 2.05) is 13.0 Å². The van der Waals surface area contributed by atoms with Crippen molar-refractivity contribution in [1.82, 2.24) is 10.6 Å². The van der Waals surface area contributed by atoms with Crippen molar-refractivity contribution in [3.8, 4) is 5.75 Å². The normalized spacial score (nSPS) is 11.1. The number of guanidine groups is 1.